The van der Waals surface area contributed by atoms with Gasteiger partial charge in [0.05, 0.1) is 11.7 Å². The molecule has 1 aromatic rings. The molecular weight excluding hydrogens is 250 g/mol. The second kappa shape index (κ2) is 6.18. The molecule has 2 N–H and O–H groups in total. The summed E-state index contributed by atoms with van der Waals surface area (Å²) < 4.78 is 0. The zero-order chi connectivity index (χ0) is 12.3. The minimum absolute atomic E-state index is 0.495. The highest BCUT2D eigenvalue weighted by molar-refractivity contribution is 7.99. The van der Waals surface area contributed by atoms with Crippen LogP contribution in [0, 0.1) is 0 Å². The first kappa shape index (κ1) is 13.3. The second-order valence-corrected chi connectivity index (χ2v) is 6.71. The zero-order valence-electron chi connectivity index (χ0n) is 10.6. The van der Waals surface area contributed by atoms with Gasteiger partial charge < -0.3 is 5.73 Å². The Balaban J connectivity index is 2.19. The molecule has 1 aromatic heterocycles. The molecule has 17 heavy (non-hydrogen) atoms. The Morgan fingerprint density at radius 1 is 1.53 bits per heavy atom. The van der Waals surface area contributed by atoms with Gasteiger partial charge in [-0.25, -0.2) is 4.98 Å². The van der Waals surface area contributed by atoms with E-state index in [4.69, 9.17) is 10.7 Å². The number of nitrogens with two attached hydrogens (primary N) is 1. The fraction of sp³-hybridized carbons (Fsp3) is 0.750. The fourth-order valence-corrected chi connectivity index (χ4v) is 4.57. The van der Waals surface area contributed by atoms with Gasteiger partial charge in [-0.1, -0.05) is 13.3 Å². The molecule has 0 aromatic carbocycles. The van der Waals surface area contributed by atoms with Crippen LogP contribution in [-0.4, -0.2) is 35.0 Å². The van der Waals surface area contributed by atoms with Gasteiger partial charge in [0.25, 0.3) is 0 Å². The molecule has 0 aliphatic carbocycles. The van der Waals surface area contributed by atoms with Gasteiger partial charge in [-0.2, -0.15) is 11.8 Å². The van der Waals surface area contributed by atoms with Crippen LogP contribution in [-0.2, 0) is 13.0 Å². The minimum atomic E-state index is 0.495. The highest BCUT2D eigenvalue weighted by Gasteiger charge is 2.25. The van der Waals surface area contributed by atoms with Gasteiger partial charge in [0.15, 0.2) is 0 Å². The molecule has 1 aliphatic heterocycles. The SMILES string of the molecule is CCCc1nc(C2CSCCN2C)sc1CN. The van der Waals surface area contributed by atoms with E-state index in [2.05, 4.69) is 18.9 Å². The third-order valence-corrected chi connectivity index (χ3v) is 5.39. The van der Waals surface area contributed by atoms with Crippen LogP contribution in [0.3, 0.4) is 0 Å². The summed E-state index contributed by atoms with van der Waals surface area (Å²) in [6.07, 6.45) is 2.21. The van der Waals surface area contributed by atoms with Crippen LogP contribution in [0.2, 0.25) is 0 Å². The van der Waals surface area contributed by atoms with Gasteiger partial charge in [0.1, 0.15) is 5.01 Å². The van der Waals surface area contributed by atoms with E-state index in [9.17, 15) is 0 Å². The molecule has 1 fully saturated rings. The molecule has 0 bridgehead atoms. The Bertz CT molecular complexity index is 365. The zero-order valence-corrected chi connectivity index (χ0v) is 12.2. The van der Waals surface area contributed by atoms with Crippen molar-refractivity contribution in [1.82, 2.24) is 9.88 Å². The van der Waals surface area contributed by atoms with Crippen LogP contribution in [0.1, 0.15) is 35.0 Å². The van der Waals surface area contributed by atoms with E-state index in [0.717, 1.165) is 19.4 Å². The summed E-state index contributed by atoms with van der Waals surface area (Å²) in [6, 6.07) is 0.495. The lowest BCUT2D eigenvalue weighted by atomic mass is 10.2. The van der Waals surface area contributed by atoms with Crippen LogP contribution in [0.25, 0.3) is 0 Å². The minimum Gasteiger partial charge on any atom is -0.326 e. The largest absolute Gasteiger partial charge is 0.326 e. The lowest BCUT2D eigenvalue weighted by molar-refractivity contribution is 0.274. The highest BCUT2D eigenvalue weighted by Crippen LogP contribution is 2.32. The normalized spacial score (nSPS) is 21.9. The van der Waals surface area contributed by atoms with Crippen molar-refractivity contribution < 1.29 is 0 Å². The van der Waals surface area contributed by atoms with Crippen molar-refractivity contribution in [2.75, 3.05) is 25.1 Å². The number of hydrogen-bond donors (Lipinski definition) is 1. The Labute approximate surface area is 112 Å². The lowest BCUT2D eigenvalue weighted by Gasteiger charge is -2.30. The van der Waals surface area contributed by atoms with E-state index in [1.165, 1.54) is 27.1 Å². The first-order valence-electron chi connectivity index (χ1n) is 6.22. The second-order valence-electron chi connectivity index (χ2n) is 4.45. The van der Waals surface area contributed by atoms with Gasteiger partial charge in [-0.3, -0.25) is 4.90 Å². The highest BCUT2D eigenvalue weighted by atomic mass is 32.2. The summed E-state index contributed by atoms with van der Waals surface area (Å²) in [6.45, 7) is 3.99. The molecule has 2 rings (SSSR count). The van der Waals surface area contributed by atoms with Crippen molar-refractivity contribution in [3.63, 3.8) is 0 Å². The van der Waals surface area contributed by atoms with Crippen LogP contribution >= 0.6 is 23.1 Å². The predicted molar refractivity (Wildman–Crippen MR) is 76.7 cm³/mol. The lowest BCUT2D eigenvalue weighted by Crippen LogP contribution is -2.32. The summed E-state index contributed by atoms with van der Waals surface area (Å²) in [7, 11) is 2.20. The van der Waals surface area contributed by atoms with Gasteiger partial charge in [0, 0.05) is 29.5 Å². The van der Waals surface area contributed by atoms with Crippen LogP contribution in [0.15, 0.2) is 0 Å². The van der Waals surface area contributed by atoms with Crippen molar-refractivity contribution in [3.05, 3.63) is 15.6 Å². The van der Waals surface area contributed by atoms with E-state index in [0.29, 0.717) is 12.6 Å². The Hall–Kier alpha value is -0.100. The Morgan fingerprint density at radius 2 is 2.35 bits per heavy atom. The van der Waals surface area contributed by atoms with E-state index in [1.807, 2.05) is 23.1 Å². The van der Waals surface area contributed by atoms with Gasteiger partial charge in [-0.15, -0.1) is 11.3 Å². The quantitative estimate of drug-likeness (QED) is 0.912. The third kappa shape index (κ3) is 3.02. The molecule has 1 atom stereocenters. The summed E-state index contributed by atoms with van der Waals surface area (Å²) >= 11 is 3.85. The first-order chi connectivity index (χ1) is 8.26. The summed E-state index contributed by atoms with van der Waals surface area (Å²) in [5.41, 5.74) is 7.05. The van der Waals surface area contributed by atoms with Crippen LogP contribution in [0.5, 0.6) is 0 Å². The molecule has 1 unspecified atom stereocenters. The summed E-state index contributed by atoms with van der Waals surface area (Å²) in [4.78, 5) is 8.53. The number of aryl methyl sites for hydroxylation is 1. The van der Waals surface area contributed by atoms with Crippen molar-refractivity contribution >= 4 is 23.1 Å². The van der Waals surface area contributed by atoms with Gasteiger partial charge in [0.2, 0.25) is 0 Å². The van der Waals surface area contributed by atoms with Crippen molar-refractivity contribution in [1.29, 1.82) is 0 Å². The number of nitrogens with zero attached hydrogens (tertiary/aromatic N) is 2. The average molecular weight is 271 g/mol. The molecule has 1 saturated heterocycles. The molecular formula is C12H21N3S2. The standard InChI is InChI=1S/C12H21N3S2/c1-3-4-9-11(7-13)17-12(14-9)10-8-16-6-5-15(10)2/h10H,3-8,13H2,1-2H3. The van der Waals surface area contributed by atoms with E-state index in [1.54, 1.807) is 0 Å². The van der Waals surface area contributed by atoms with Crippen LogP contribution < -0.4 is 5.73 Å². The van der Waals surface area contributed by atoms with Crippen LogP contribution in [0.4, 0.5) is 0 Å². The molecule has 2 heterocycles. The fourth-order valence-electron chi connectivity index (χ4n) is 2.08. The molecule has 0 amide bonds. The number of aromatic nitrogens is 1. The predicted octanol–water partition coefficient (Wildman–Crippen LogP) is 2.27. The van der Waals surface area contributed by atoms with Gasteiger partial charge in [-0.05, 0) is 13.5 Å². The number of rotatable bonds is 4. The molecule has 96 valence electrons. The van der Waals surface area contributed by atoms with Crippen molar-refractivity contribution in [2.45, 2.75) is 32.4 Å². The first-order valence-corrected chi connectivity index (χ1v) is 8.20. The molecule has 1 aliphatic rings. The van der Waals surface area contributed by atoms with Crippen molar-refractivity contribution in [3.8, 4) is 0 Å². The Kier molecular flexibility index (Phi) is 4.85. The maximum Gasteiger partial charge on any atom is 0.111 e. The van der Waals surface area contributed by atoms with E-state index < -0.39 is 0 Å². The smallest absolute Gasteiger partial charge is 0.111 e. The maximum absolute atomic E-state index is 5.81. The number of thioether (sulfide) groups is 1. The van der Waals surface area contributed by atoms with Crippen molar-refractivity contribution in [2.24, 2.45) is 5.73 Å². The maximum atomic E-state index is 5.81. The van der Waals surface area contributed by atoms with E-state index >= 15 is 0 Å². The topological polar surface area (TPSA) is 42.2 Å². The number of thiazole rings is 1. The average Bonchev–Trinajstić information content (AvgIpc) is 2.73. The number of hydrogen-bond acceptors (Lipinski definition) is 5. The molecule has 3 nitrogen and oxygen atoms in total. The molecule has 0 spiro atoms. The van der Waals surface area contributed by atoms with E-state index in [-0.39, 0.29) is 0 Å². The third-order valence-electron chi connectivity index (χ3n) is 3.15. The molecule has 5 heteroatoms. The molecule has 0 saturated carbocycles. The summed E-state index contributed by atoms with van der Waals surface area (Å²) in [5.74, 6) is 2.41. The monoisotopic (exact) mass is 271 g/mol. The molecule has 0 radical (unpaired) electrons. The Morgan fingerprint density at radius 3 is 3.00 bits per heavy atom. The summed E-state index contributed by atoms with van der Waals surface area (Å²) in [5, 5.41) is 1.27. The van der Waals surface area contributed by atoms with Gasteiger partial charge >= 0.3 is 0 Å².